The lowest BCUT2D eigenvalue weighted by atomic mass is 9.82. The van der Waals surface area contributed by atoms with Crippen molar-refractivity contribution < 1.29 is 9.47 Å². The molecule has 2 fully saturated rings. The highest BCUT2D eigenvalue weighted by Gasteiger charge is 2.46. The molecule has 1 N–H and O–H groups in total. The van der Waals surface area contributed by atoms with Gasteiger partial charge in [0.15, 0.2) is 5.75 Å². The van der Waals surface area contributed by atoms with Crippen molar-refractivity contribution in [1.29, 1.82) is 0 Å². The summed E-state index contributed by atoms with van der Waals surface area (Å²) in [4.78, 5) is 0. The quantitative estimate of drug-likeness (QED) is 0.865. The summed E-state index contributed by atoms with van der Waals surface area (Å²) in [5.41, 5.74) is 1.15. The van der Waals surface area contributed by atoms with Crippen LogP contribution in [-0.2, 0) is 11.8 Å². The van der Waals surface area contributed by atoms with Gasteiger partial charge in [-0.05, 0) is 32.2 Å². The molecule has 4 unspecified atom stereocenters. The van der Waals surface area contributed by atoms with Gasteiger partial charge < -0.3 is 14.8 Å². The van der Waals surface area contributed by atoms with Gasteiger partial charge in [-0.25, -0.2) is 0 Å². The molecule has 20 heavy (non-hydrogen) atoms. The van der Waals surface area contributed by atoms with Crippen LogP contribution in [0.5, 0.6) is 5.75 Å². The van der Waals surface area contributed by atoms with E-state index in [4.69, 9.17) is 9.47 Å². The lowest BCUT2D eigenvalue weighted by Crippen LogP contribution is -2.35. The maximum Gasteiger partial charge on any atom is 0.161 e. The first kappa shape index (κ1) is 13.9. The van der Waals surface area contributed by atoms with Crippen molar-refractivity contribution in [1.82, 2.24) is 15.1 Å². The largest absolute Gasteiger partial charge is 0.493 e. The van der Waals surface area contributed by atoms with Gasteiger partial charge in [0.25, 0.3) is 0 Å². The van der Waals surface area contributed by atoms with Crippen molar-refractivity contribution in [2.45, 2.75) is 50.9 Å². The normalized spacial score (nSPS) is 29.9. The van der Waals surface area contributed by atoms with E-state index < -0.39 is 0 Å². The molecule has 0 aliphatic carbocycles. The summed E-state index contributed by atoms with van der Waals surface area (Å²) >= 11 is 0. The second kappa shape index (κ2) is 5.74. The second-order valence-corrected chi connectivity index (χ2v) is 5.93. The van der Waals surface area contributed by atoms with E-state index in [-0.39, 0.29) is 6.04 Å². The summed E-state index contributed by atoms with van der Waals surface area (Å²) in [6.07, 6.45) is 7.37. The van der Waals surface area contributed by atoms with Crippen LogP contribution in [0, 0.1) is 5.92 Å². The minimum absolute atomic E-state index is 0.271. The number of hydrogen-bond acceptors (Lipinski definition) is 4. The highest BCUT2D eigenvalue weighted by atomic mass is 16.5. The first-order valence-corrected chi connectivity index (χ1v) is 7.69. The van der Waals surface area contributed by atoms with E-state index in [1.807, 2.05) is 17.9 Å². The summed E-state index contributed by atoms with van der Waals surface area (Å²) in [6, 6.07) is 0.271. The predicted molar refractivity (Wildman–Crippen MR) is 76.8 cm³/mol. The smallest absolute Gasteiger partial charge is 0.161 e. The van der Waals surface area contributed by atoms with Crippen molar-refractivity contribution in [3.05, 3.63) is 11.9 Å². The minimum atomic E-state index is 0.271. The van der Waals surface area contributed by atoms with Crippen LogP contribution in [0.1, 0.15) is 44.3 Å². The van der Waals surface area contributed by atoms with E-state index in [0.717, 1.165) is 30.8 Å². The van der Waals surface area contributed by atoms with E-state index >= 15 is 0 Å². The Morgan fingerprint density at radius 3 is 3.00 bits per heavy atom. The third kappa shape index (κ3) is 2.33. The molecule has 0 radical (unpaired) electrons. The first-order chi connectivity index (χ1) is 9.74. The number of rotatable bonds is 6. The van der Waals surface area contributed by atoms with Crippen LogP contribution < -0.4 is 10.1 Å². The van der Waals surface area contributed by atoms with Crippen LogP contribution in [0.15, 0.2) is 6.20 Å². The Labute approximate surface area is 120 Å². The SMILES string of the molecule is CCCNC(c1c(OC)cnn1C)C1CC2CCC1O2. The number of fused-ring (bicyclic) bond motifs is 2. The van der Waals surface area contributed by atoms with Gasteiger partial charge in [0, 0.05) is 13.0 Å². The van der Waals surface area contributed by atoms with Gasteiger partial charge in [-0.3, -0.25) is 4.68 Å². The molecule has 2 bridgehead atoms. The summed E-state index contributed by atoms with van der Waals surface area (Å²) in [5.74, 6) is 1.41. The van der Waals surface area contributed by atoms with Gasteiger partial charge in [-0.1, -0.05) is 6.92 Å². The molecule has 112 valence electrons. The van der Waals surface area contributed by atoms with Crippen molar-refractivity contribution in [3.8, 4) is 5.75 Å². The average Bonchev–Trinajstić information content (AvgIpc) is 3.15. The highest BCUT2D eigenvalue weighted by Crippen LogP contribution is 2.46. The number of methoxy groups -OCH3 is 1. The fourth-order valence-electron chi connectivity index (χ4n) is 3.72. The molecule has 0 aromatic carbocycles. The van der Waals surface area contributed by atoms with Crippen molar-refractivity contribution in [2.24, 2.45) is 13.0 Å². The van der Waals surface area contributed by atoms with E-state index in [0.29, 0.717) is 18.1 Å². The van der Waals surface area contributed by atoms with E-state index in [2.05, 4.69) is 17.3 Å². The van der Waals surface area contributed by atoms with Crippen LogP contribution in [0.3, 0.4) is 0 Å². The lowest BCUT2D eigenvalue weighted by molar-refractivity contribution is 0.0848. The minimum Gasteiger partial charge on any atom is -0.493 e. The summed E-state index contributed by atoms with van der Waals surface area (Å²) < 4.78 is 13.5. The van der Waals surface area contributed by atoms with Crippen LogP contribution in [0.25, 0.3) is 0 Å². The molecule has 0 saturated carbocycles. The second-order valence-electron chi connectivity index (χ2n) is 5.93. The molecule has 2 aliphatic heterocycles. The molecule has 0 spiro atoms. The summed E-state index contributed by atoms with van der Waals surface area (Å²) in [6.45, 7) is 3.20. The number of nitrogens with one attached hydrogen (secondary N) is 1. The zero-order valence-electron chi connectivity index (χ0n) is 12.6. The Morgan fingerprint density at radius 2 is 2.40 bits per heavy atom. The number of nitrogens with zero attached hydrogens (tertiary/aromatic N) is 2. The number of hydrogen-bond donors (Lipinski definition) is 1. The molecule has 1 aromatic rings. The van der Waals surface area contributed by atoms with E-state index in [1.165, 1.54) is 12.8 Å². The Kier molecular flexibility index (Phi) is 3.98. The fraction of sp³-hybridized carbons (Fsp3) is 0.800. The number of aromatic nitrogens is 2. The van der Waals surface area contributed by atoms with Crippen molar-refractivity contribution >= 4 is 0 Å². The van der Waals surface area contributed by atoms with Gasteiger partial charge in [0.05, 0.1) is 37.3 Å². The number of ether oxygens (including phenoxy) is 2. The molecule has 4 atom stereocenters. The topological polar surface area (TPSA) is 48.3 Å². The Morgan fingerprint density at radius 1 is 1.55 bits per heavy atom. The van der Waals surface area contributed by atoms with Crippen molar-refractivity contribution in [2.75, 3.05) is 13.7 Å². The Balaban J connectivity index is 1.87. The average molecular weight is 279 g/mol. The maximum absolute atomic E-state index is 6.05. The van der Waals surface area contributed by atoms with Crippen LogP contribution in [0.4, 0.5) is 0 Å². The monoisotopic (exact) mass is 279 g/mol. The van der Waals surface area contributed by atoms with Crippen LogP contribution in [0.2, 0.25) is 0 Å². The van der Waals surface area contributed by atoms with Crippen LogP contribution >= 0.6 is 0 Å². The third-order valence-corrected chi connectivity index (χ3v) is 4.66. The molecule has 3 heterocycles. The molecular weight excluding hydrogens is 254 g/mol. The summed E-state index contributed by atoms with van der Waals surface area (Å²) in [5, 5.41) is 8.05. The molecule has 0 amide bonds. The molecule has 2 saturated heterocycles. The van der Waals surface area contributed by atoms with Gasteiger partial charge in [0.2, 0.25) is 0 Å². The molecule has 5 heteroatoms. The lowest BCUT2D eigenvalue weighted by Gasteiger charge is -2.30. The van der Waals surface area contributed by atoms with E-state index in [9.17, 15) is 0 Å². The number of aryl methyl sites for hydroxylation is 1. The predicted octanol–water partition coefficient (Wildman–Crippen LogP) is 2.04. The highest BCUT2D eigenvalue weighted by molar-refractivity contribution is 5.29. The maximum atomic E-state index is 6.05. The van der Waals surface area contributed by atoms with Crippen LogP contribution in [-0.4, -0.2) is 35.6 Å². The first-order valence-electron chi connectivity index (χ1n) is 7.69. The Hall–Kier alpha value is -1.07. The zero-order valence-corrected chi connectivity index (χ0v) is 12.6. The van der Waals surface area contributed by atoms with E-state index in [1.54, 1.807) is 7.11 Å². The summed E-state index contributed by atoms with van der Waals surface area (Å²) in [7, 11) is 3.71. The molecular formula is C15H25N3O2. The molecule has 3 rings (SSSR count). The standard InChI is InChI=1S/C15H25N3O2/c1-4-7-16-14(11-8-10-5-6-12(11)20-10)15-13(19-3)9-17-18(15)2/h9-12,14,16H,4-8H2,1-3H3. The van der Waals surface area contributed by atoms with Gasteiger partial charge >= 0.3 is 0 Å². The van der Waals surface area contributed by atoms with Gasteiger partial charge in [-0.15, -0.1) is 0 Å². The third-order valence-electron chi connectivity index (χ3n) is 4.66. The zero-order chi connectivity index (χ0) is 14.1. The molecule has 5 nitrogen and oxygen atoms in total. The molecule has 1 aromatic heterocycles. The van der Waals surface area contributed by atoms with Gasteiger partial charge in [-0.2, -0.15) is 5.10 Å². The van der Waals surface area contributed by atoms with Crippen molar-refractivity contribution in [3.63, 3.8) is 0 Å². The molecule has 2 aliphatic rings. The Bertz CT molecular complexity index is 460. The fourth-order valence-corrected chi connectivity index (χ4v) is 3.72. The van der Waals surface area contributed by atoms with Gasteiger partial charge in [0.1, 0.15) is 0 Å².